The molecule has 1 atom stereocenters. The molecule has 9 heteroatoms. The molecule has 0 aromatic heterocycles. The zero-order valence-electron chi connectivity index (χ0n) is 12.9. The number of rotatable bonds is 6. The van der Waals surface area contributed by atoms with Gasteiger partial charge in [-0.05, 0) is 127 Å². The van der Waals surface area contributed by atoms with E-state index in [1.165, 1.54) is 0 Å². The van der Waals surface area contributed by atoms with Gasteiger partial charge in [0, 0.05) is 0 Å². The number of halogens is 4. The van der Waals surface area contributed by atoms with E-state index in [1.54, 1.807) is 7.11 Å². The number of ether oxygens (including phenoxy) is 2. The molecule has 2 rings (SSSR count). The predicted molar refractivity (Wildman–Crippen MR) is 130 cm³/mol. The Morgan fingerprint density at radius 2 is 1.52 bits per heavy atom. The Morgan fingerprint density at radius 1 is 1.04 bits per heavy atom. The molecule has 2 aromatic rings. The van der Waals surface area contributed by atoms with Crippen molar-refractivity contribution in [3.63, 3.8) is 0 Å². The molecule has 0 spiro atoms. The van der Waals surface area contributed by atoms with Gasteiger partial charge in [-0.3, -0.25) is 4.79 Å². The minimum absolute atomic E-state index is 0.278. The van der Waals surface area contributed by atoms with Crippen molar-refractivity contribution in [1.82, 2.24) is 0 Å². The second-order valence-electron chi connectivity index (χ2n) is 5.06. The number of hydrogen-bond acceptors (Lipinski definition) is 4. The second kappa shape index (κ2) is 9.54. The number of carbonyl (C=O) groups is 1. The Hall–Kier alpha value is 0.390. The number of hydrogen-bond donors (Lipinski definition) is 2. The lowest BCUT2D eigenvalue weighted by Gasteiger charge is -2.15. The van der Waals surface area contributed by atoms with Crippen LogP contribution >= 0.6 is 90.4 Å². The molecule has 25 heavy (non-hydrogen) atoms. The van der Waals surface area contributed by atoms with Crippen LogP contribution in [-0.4, -0.2) is 24.2 Å². The summed E-state index contributed by atoms with van der Waals surface area (Å²) in [5, 5.41) is 8.96. The van der Waals surface area contributed by atoms with E-state index >= 15 is 0 Å². The molecule has 0 unspecified atom stereocenters. The third-order valence-electron chi connectivity index (χ3n) is 3.23. The molecule has 0 saturated heterocycles. The normalized spacial score (nSPS) is 11.9. The maximum absolute atomic E-state index is 10.9. The van der Waals surface area contributed by atoms with Crippen molar-refractivity contribution in [3.8, 4) is 17.2 Å². The zero-order chi connectivity index (χ0) is 18.7. The Balaban J connectivity index is 2.30. The van der Waals surface area contributed by atoms with Crippen LogP contribution < -0.4 is 15.2 Å². The third kappa shape index (κ3) is 5.68. The van der Waals surface area contributed by atoms with Crippen LogP contribution in [0.3, 0.4) is 0 Å². The van der Waals surface area contributed by atoms with Gasteiger partial charge in [0.05, 0.1) is 21.4 Å². The SMILES string of the molecule is COc1c(I)cc(Oc2c(I)cc(C[C@@H](N)C(=O)O)cc2I)cc1I. The van der Waals surface area contributed by atoms with Crippen LogP contribution in [0.25, 0.3) is 0 Å². The molecule has 0 bridgehead atoms. The van der Waals surface area contributed by atoms with Crippen LogP contribution in [-0.2, 0) is 11.2 Å². The van der Waals surface area contributed by atoms with E-state index in [2.05, 4.69) is 90.4 Å². The molecule has 3 N–H and O–H groups in total. The lowest BCUT2D eigenvalue weighted by Crippen LogP contribution is -2.32. The van der Waals surface area contributed by atoms with Crippen LogP contribution in [0.5, 0.6) is 17.2 Å². The number of nitrogens with two attached hydrogens (primary N) is 1. The number of aliphatic carboxylic acids is 1. The predicted octanol–water partition coefficient (Wildman–Crippen LogP) is 4.86. The van der Waals surface area contributed by atoms with Crippen LogP contribution in [0.1, 0.15) is 5.56 Å². The Bertz CT molecular complexity index is 767. The summed E-state index contributed by atoms with van der Waals surface area (Å²) in [7, 11) is 1.65. The van der Waals surface area contributed by atoms with Crippen molar-refractivity contribution in [3.05, 3.63) is 44.1 Å². The van der Waals surface area contributed by atoms with Gasteiger partial charge in [-0.1, -0.05) is 0 Å². The second-order valence-corrected chi connectivity index (χ2v) is 9.71. The molecule has 0 amide bonds. The maximum atomic E-state index is 10.9. The number of benzene rings is 2. The van der Waals surface area contributed by atoms with Gasteiger partial charge in [0.1, 0.15) is 17.5 Å². The van der Waals surface area contributed by atoms with Crippen LogP contribution in [0.15, 0.2) is 24.3 Å². The molecule has 0 aliphatic rings. The van der Waals surface area contributed by atoms with E-state index < -0.39 is 12.0 Å². The minimum atomic E-state index is -1.01. The largest absolute Gasteiger partial charge is 0.495 e. The highest BCUT2D eigenvalue weighted by Gasteiger charge is 2.17. The summed E-state index contributed by atoms with van der Waals surface area (Å²) in [6.45, 7) is 0. The van der Waals surface area contributed by atoms with Gasteiger partial charge in [-0.25, -0.2) is 0 Å². The van der Waals surface area contributed by atoms with E-state index in [4.69, 9.17) is 20.3 Å². The van der Waals surface area contributed by atoms with E-state index in [9.17, 15) is 4.79 Å². The molecule has 0 aliphatic heterocycles. The summed E-state index contributed by atoms with van der Waals surface area (Å²) in [6.07, 6.45) is 0.278. The average molecular weight is 791 g/mol. The van der Waals surface area contributed by atoms with Crippen molar-refractivity contribution in [2.75, 3.05) is 7.11 Å². The number of carboxylic acid groups (broad SMARTS) is 1. The van der Waals surface area contributed by atoms with Gasteiger partial charge in [0.15, 0.2) is 5.75 Å². The molecular weight excluding hydrogens is 778 g/mol. The molecule has 0 saturated carbocycles. The fraction of sp³-hybridized carbons (Fsp3) is 0.188. The van der Waals surface area contributed by atoms with Crippen molar-refractivity contribution in [2.24, 2.45) is 5.73 Å². The highest BCUT2D eigenvalue weighted by molar-refractivity contribution is 14.1. The first-order valence-electron chi connectivity index (χ1n) is 6.90. The molecular formula is C16H13I4NO4. The first-order chi connectivity index (χ1) is 11.7. The molecule has 134 valence electrons. The smallest absolute Gasteiger partial charge is 0.320 e. The van der Waals surface area contributed by atoms with Gasteiger partial charge in [-0.2, -0.15) is 0 Å². The van der Waals surface area contributed by atoms with Gasteiger partial charge < -0.3 is 20.3 Å². The van der Waals surface area contributed by atoms with E-state index in [1.807, 2.05) is 24.3 Å². The van der Waals surface area contributed by atoms with Crippen LogP contribution in [0.2, 0.25) is 0 Å². The van der Waals surface area contributed by atoms with Crippen LogP contribution in [0.4, 0.5) is 0 Å². The zero-order valence-corrected chi connectivity index (χ0v) is 21.5. The maximum Gasteiger partial charge on any atom is 0.320 e. The number of methoxy groups -OCH3 is 1. The van der Waals surface area contributed by atoms with Crippen LogP contribution in [0, 0.1) is 14.3 Å². The lowest BCUT2D eigenvalue weighted by atomic mass is 10.1. The summed E-state index contributed by atoms with van der Waals surface area (Å²) >= 11 is 8.80. The average Bonchev–Trinajstić information content (AvgIpc) is 2.50. The topological polar surface area (TPSA) is 81.8 Å². The standard InChI is InChI=1S/C16H13I4NO4/c1-24-14-11(19)5-8(6-12(14)20)25-15-9(17)2-7(3-10(15)18)4-13(21)16(22)23/h2-3,5-6,13H,4,21H2,1H3,(H,22,23)/t13-/m1/s1. The van der Waals surface area contributed by atoms with E-state index in [0.29, 0.717) is 0 Å². The monoisotopic (exact) mass is 791 g/mol. The summed E-state index contributed by atoms with van der Waals surface area (Å²) in [4.78, 5) is 10.9. The van der Waals surface area contributed by atoms with Crippen molar-refractivity contribution in [2.45, 2.75) is 12.5 Å². The Morgan fingerprint density at radius 3 is 1.96 bits per heavy atom. The minimum Gasteiger partial charge on any atom is -0.495 e. The van der Waals surface area contributed by atoms with Gasteiger partial charge in [0.25, 0.3) is 0 Å². The van der Waals surface area contributed by atoms with E-state index in [-0.39, 0.29) is 6.42 Å². The van der Waals surface area contributed by atoms with Gasteiger partial charge >= 0.3 is 5.97 Å². The quantitative estimate of drug-likeness (QED) is 0.409. The third-order valence-corrected chi connectivity index (χ3v) is 6.43. The number of carboxylic acids is 1. The molecule has 0 aliphatic carbocycles. The molecule has 0 fully saturated rings. The Kier molecular flexibility index (Phi) is 8.28. The summed E-state index contributed by atoms with van der Waals surface area (Å²) < 4.78 is 15.2. The molecule has 2 aromatic carbocycles. The van der Waals surface area contributed by atoms with Gasteiger partial charge in [0.2, 0.25) is 0 Å². The van der Waals surface area contributed by atoms with Crippen molar-refractivity contribution >= 4 is 96.3 Å². The van der Waals surface area contributed by atoms with E-state index in [0.717, 1.165) is 37.1 Å². The summed E-state index contributed by atoms with van der Waals surface area (Å²) in [5.74, 6) is 1.29. The van der Waals surface area contributed by atoms with Crippen molar-refractivity contribution in [1.29, 1.82) is 0 Å². The molecule has 0 radical (unpaired) electrons. The fourth-order valence-electron chi connectivity index (χ4n) is 2.08. The first kappa shape index (κ1) is 21.7. The fourth-order valence-corrected chi connectivity index (χ4v) is 6.35. The van der Waals surface area contributed by atoms with Gasteiger partial charge in [-0.15, -0.1) is 0 Å². The summed E-state index contributed by atoms with van der Waals surface area (Å²) in [5.41, 5.74) is 6.49. The Labute approximate surface area is 200 Å². The summed E-state index contributed by atoms with van der Waals surface area (Å²) in [6, 6.07) is 6.73. The highest BCUT2D eigenvalue weighted by Crippen LogP contribution is 2.37. The van der Waals surface area contributed by atoms with Crippen molar-refractivity contribution < 1.29 is 19.4 Å². The lowest BCUT2D eigenvalue weighted by molar-refractivity contribution is -0.138. The first-order valence-corrected chi connectivity index (χ1v) is 11.2. The highest BCUT2D eigenvalue weighted by atomic mass is 127. The molecule has 0 heterocycles. The molecule has 5 nitrogen and oxygen atoms in total.